The van der Waals surface area contributed by atoms with Crippen LogP contribution in [0, 0.1) is 0 Å². The molecule has 108 valence electrons. The van der Waals surface area contributed by atoms with Crippen LogP contribution in [0.4, 0.5) is 0 Å². The zero-order chi connectivity index (χ0) is 15.0. The molecule has 0 radical (unpaired) electrons. The number of nitrogens with one attached hydrogen (secondary N) is 1. The van der Waals surface area contributed by atoms with Gasteiger partial charge < -0.3 is 14.5 Å². The van der Waals surface area contributed by atoms with E-state index in [9.17, 15) is 0 Å². The summed E-state index contributed by atoms with van der Waals surface area (Å²) in [7, 11) is 3.21. The van der Waals surface area contributed by atoms with Crippen LogP contribution in [0.5, 0.6) is 11.5 Å². The van der Waals surface area contributed by atoms with Crippen LogP contribution in [0.3, 0.4) is 0 Å². The van der Waals surface area contributed by atoms with E-state index in [1.165, 1.54) is 0 Å². The number of methoxy groups -OCH3 is 2. The second kappa shape index (κ2) is 5.47. The Hall–Kier alpha value is -1.91. The Morgan fingerprint density at radius 1 is 1.00 bits per heavy atom. The number of rotatable bonds is 3. The van der Waals surface area contributed by atoms with E-state index in [1.807, 2.05) is 18.2 Å². The minimum atomic E-state index is 0.467. The van der Waals surface area contributed by atoms with Gasteiger partial charge in [0, 0.05) is 0 Å². The molecular formula is C15H12Cl2N2O2. The van der Waals surface area contributed by atoms with Crippen LogP contribution >= 0.6 is 23.2 Å². The molecule has 1 N–H and O–H groups in total. The highest BCUT2D eigenvalue weighted by atomic mass is 35.5. The second-order valence-corrected chi connectivity index (χ2v) is 5.22. The van der Waals surface area contributed by atoms with Gasteiger partial charge in [-0.15, -0.1) is 0 Å². The van der Waals surface area contributed by atoms with E-state index in [0.29, 0.717) is 27.4 Å². The first-order valence-corrected chi connectivity index (χ1v) is 6.95. The lowest BCUT2D eigenvalue weighted by Gasteiger charge is -2.10. The fourth-order valence-electron chi connectivity index (χ4n) is 2.21. The van der Waals surface area contributed by atoms with Gasteiger partial charge in [0.2, 0.25) is 0 Å². The number of aromatic amines is 1. The largest absolute Gasteiger partial charge is 0.496 e. The van der Waals surface area contributed by atoms with Gasteiger partial charge in [0.15, 0.2) is 0 Å². The van der Waals surface area contributed by atoms with Gasteiger partial charge in [-0.1, -0.05) is 29.3 Å². The Kier molecular flexibility index (Phi) is 3.66. The number of H-pyrrole nitrogens is 1. The molecule has 6 heteroatoms. The number of hydrogen-bond donors (Lipinski definition) is 1. The third kappa shape index (κ3) is 2.41. The molecule has 0 aliphatic rings. The molecule has 0 fully saturated rings. The first-order chi connectivity index (χ1) is 10.1. The number of hydrogen-bond acceptors (Lipinski definition) is 3. The summed E-state index contributed by atoms with van der Waals surface area (Å²) in [5, 5.41) is 0.945. The van der Waals surface area contributed by atoms with E-state index in [2.05, 4.69) is 9.97 Å². The maximum absolute atomic E-state index is 6.03. The molecule has 21 heavy (non-hydrogen) atoms. The molecule has 0 aliphatic heterocycles. The van der Waals surface area contributed by atoms with Crippen molar-refractivity contribution in [2.75, 3.05) is 14.2 Å². The molecule has 0 amide bonds. The minimum absolute atomic E-state index is 0.467. The topological polar surface area (TPSA) is 47.1 Å². The van der Waals surface area contributed by atoms with Gasteiger partial charge in [0.05, 0.1) is 35.3 Å². The van der Waals surface area contributed by atoms with Crippen LogP contribution in [0.25, 0.3) is 22.4 Å². The van der Waals surface area contributed by atoms with Gasteiger partial charge in [-0.2, -0.15) is 0 Å². The highest BCUT2D eigenvalue weighted by Gasteiger charge is 2.16. The van der Waals surface area contributed by atoms with Gasteiger partial charge in [-0.3, -0.25) is 0 Å². The van der Waals surface area contributed by atoms with Crippen LogP contribution in [-0.2, 0) is 0 Å². The fraction of sp³-hybridized carbons (Fsp3) is 0.133. The van der Waals surface area contributed by atoms with Crippen molar-refractivity contribution in [2.24, 2.45) is 0 Å². The third-order valence-corrected chi connectivity index (χ3v) is 3.91. The molecule has 0 saturated heterocycles. The minimum Gasteiger partial charge on any atom is -0.496 e. The maximum atomic E-state index is 6.03. The maximum Gasteiger partial charge on any atom is 0.146 e. The predicted octanol–water partition coefficient (Wildman–Crippen LogP) is 4.55. The van der Waals surface area contributed by atoms with Gasteiger partial charge >= 0.3 is 0 Å². The average molecular weight is 323 g/mol. The number of ether oxygens (including phenoxy) is 2. The summed E-state index contributed by atoms with van der Waals surface area (Å²) in [4.78, 5) is 7.76. The third-order valence-electron chi connectivity index (χ3n) is 3.19. The lowest BCUT2D eigenvalue weighted by atomic mass is 10.1. The van der Waals surface area contributed by atoms with Crippen LogP contribution in [0.15, 0.2) is 30.3 Å². The van der Waals surface area contributed by atoms with Crippen molar-refractivity contribution >= 4 is 34.2 Å². The molecule has 0 aliphatic carbocycles. The number of imidazole rings is 1. The van der Waals surface area contributed by atoms with E-state index < -0.39 is 0 Å². The number of aromatic nitrogens is 2. The Labute approximate surface area is 131 Å². The molecule has 1 aromatic heterocycles. The summed E-state index contributed by atoms with van der Waals surface area (Å²) in [6.45, 7) is 0. The van der Waals surface area contributed by atoms with Crippen molar-refractivity contribution in [3.05, 3.63) is 40.4 Å². The van der Waals surface area contributed by atoms with E-state index >= 15 is 0 Å². The summed E-state index contributed by atoms with van der Waals surface area (Å²) < 4.78 is 10.8. The molecular weight excluding hydrogens is 311 g/mol. The lowest BCUT2D eigenvalue weighted by molar-refractivity contribution is 0.397. The summed E-state index contributed by atoms with van der Waals surface area (Å²) in [5.74, 6) is 1.98. The SMILES string of the molecule is COc1cccc(OC)c1-c1nc2cc(Cl)c(Cl)cc2[nH]1. The number of halogens is 2. The highest BCUT2D eigenvalue weighted by molar-refractivity contribution is 6.42. The number of benzene rings is 2. The number of nitrogens with zero attached hydrogens (tertiary/aromatic N) is 1. The van der Waals surface area contributed by atoms with Crippen molar-refractivity contribution in [1.82, 2.24) is 9.97 Å². The average Bonchev–Trinajstić information content (AvgIpc) is 2.89. The van der Waals surface area contributed by atoms with Gasteiger partial charge in [0.1, 0.15) is 22.9 Å². The van der Waals surface area contributed by atoms with Crippen LogP contribution in [0.2, 0.25) is 10.0 Å². The monoisotopic (exact) mass is 322 g/mol. The Morgan fingerprint density at radius 3 is 2.24 bits per heavy atom. The van der Waals surface area contributed by atoms with Crippen LogP contribution < -0.4 is 9.47 Å². The van der Waals surface area contributed by atoms with Crippen molar-refractivity contribution < 1.29 is 9.47 Å². The van der Waals surface area contributed by atoms with Crippen molar-refractivity contribution in [3.63, 3.8) is 0 Å². The normalized spacial score (nSPS) is 10.9. The highest BCUT2D eigenvalue weighted by Crippen LogP contribution is 2.38. The molecule has 1 heterocycles. The van der Waals surface area contributed by atoms with Gasteiger partial charge in [-0.05, 0) is 24.3 Å². The predicted molar refractivity (Wildman–Crippen MR) is 84.7 cm³/mol. The molecule has 0 bridgehead atoms. The smallest absolute Gasteiger partial charge is 0.146 e. The van der Waals surface area contributed by atoms with E-state index in [-0.39, 0.29) is 0 Å². The Balaban J connectivity index is 2.25. The van der Waals surface area contributed by atoms with E-state index in [4.69, 9.17) is 32.7 Å². The van der Waals surface area contributed by atoms with E-state index in [0.717, 1.165) is 16.6 Å². The molecule has 4 nitrogen and oxygen atoms in total. The molecule has 0 spiro atoms. The van der Waals surface area contributed by atoms with Gasteiger partial charge in [-0.25, -0.2) is 4.98 Å². The number of fused-ring (bicyclic) bond motifs is 1. The molecule has 3 rings (SSSR count). The van der Waals surface area contributed by atoms with Crippen LogP contribution in [0.1, 0.15) is 0 Å². The van der Waals surface area contributed by atoms with Gasteiger partial charge in [0.25, 0.3) is 0 Å². The Bertz CT molecular complexity index is 754. The molecule has 0 atom stereocenters. The zero-order valence-electron chi connectivity index (χ0n) is 11.4. The quantitative estimate of drug-likeness (QED) is 0.769. The summed E-state index contributed by atoms with van der Waals surface area (Å²) in [6.07, 6.45) is 0. The molecule has 0 saturated carbocycles. The second-order valence-electron chi connectivity index (χ2n) is 4.41. The van der Waals surface area contributed by atoms with Crippen LogP contribution in [-0.4, -0.2) is 24.2 Å². The van der Waals surface area contributed by atoms with Crippen molar-refractivity contribution in [3.8, 4) is 22.9 Å². The van der Waals surface area contributed by atoms with E-state index in [1.54, 1.807) is 26.4 Å². The lowest BCUT2D eigenvalue weighted by Crippen LogP contribution is -1.93. The summed E-state index contributed by atoms with van der Waals surface area (Å²) in [5.41, 5.74) is 2.28. The molecule has 2 aromatic carbocycles. The first kappa shape index (κ1) is 14.0. The summed E-state index contributed by atoms with van der Waals surface area (Å²) >= 11 is 12.1. The fourth-order valence-corrected chi connectivity index (χ4v) is 2.53. The Morgan fingerprint density at radius 2 is 1.62 bits per heavy atom. The summed E-state index contributed by atoms with van der Waals surface area (Å²) in [6, 6.07) is 9.03. The van der Waals surface area contributed by atoms with Crippen molar-refractivity contribution in [2.45, 2.75) is 0 Å². The first-order valence-electron chi connectivity index (χ1n) is 6.20. The van der Waals surface area contributed by atoms with Crippen molar-refractivity contribution in [1.29, 1.82) is 0 Å². The standard InChI is InChI=1S/C15H12Cl2N2O2/c1-20-12-4-3-5-13(21-2)14(12)15-18-10-6-8(16)9(17)7-11(10)19-15/h3-7H,1-2H3,(H,18,19). The molecule has 3 aromatic rings. The zero-order valence-corrected chi connectivity index (χ0v) is 12.9. The molecule has 0 unspecified atom stereocenters.